The van der Waals surface area contributed by atoms with Crippen molar-refractivity contribution in [3.05, 3.63) is 42.2 Å². The number of halogens is 1. The molecule has 2 nitrogen and oxygen atoms in total. The highest BCUT2D eigenvalue weighted by molar-refractivity contribution is 5.32. The van der Waals surface area contributed by atoms with Crippen LogP contribution >= 0.6 is 0 Å². The average Bonchev–Trinajstić information content (AvgIpc) is 2.14. The SMILES string of the molecule is C=[C]c1cc(F)cc(OCCO)c1. The van der Waals surface area contributed by atoms with E-state index in [1.54, 1.807) is 6.07 Å². The number of hydrogen-bond acceptors (Lipinski definition) is 2. The Morgan fingerprint density at radius 3 is 2.85 bits per heavy atom. The maximum absolute atomic E-state index is 12.8. The minimum Gasteiger partial charge on any atom is -0.491 e. The molecule has 1 aromatic carbocycles. The number of aliphatic hydroxyl groups excluding tert-OH is 1. The first-order valence-electron chi connectivity index (χ1n) is 3.83. The molecule has 0 aliphatic carbocycles. The van der Waals surface area contributed by atoms with Gasteiger partial charge in [-0.3, -0.25) is 0 Å². The van der Waals surface area contributed by atoms with Gasteiger partial charge in [0, 0.05) is 6.07 Å². The van der Waals surface area contributed by atoms with Gasteiger partial charge in [-0.05, 0) is 23.8 Å². The molecule has 0 saturated heterocycles. The van der Waals surface area contributed by atoms with Crippen molar-refractivity contribution in [2.75, 3.05) is 13.2 Å². The molecule has 0 aliphatic heterocycles. The third-order valence-electron chi connectivity index (χ3n) is 1.44. The first-order valence-corrected chi connectivity index (χ1v) is 3.83. The topological polar surface area (TPSA) is 29.5 Å². The Bertz CT molecular complexity index is 297. The van der Waals surface area contributed by atoms with E-state index in [0.717, 1.165) is 0 Å². The van der Waals surface area contributed by atoms with Crippen LogP contribution in [0.3, 0.4) is 0 Å². The van der Waals surface area contributed by atoms with E-state index in [1.807, 2.05) is 0 Å². The molecule has 0 fully saturated rings. The highest BCUT2D eigenvalue weighted by Crippen LogP contribution is 2.16. The van der Waals surface area contributed by atoms with Crippen molar-refractivity contribution in [2.24, 2.45) is 0 Å². The van der Waals surface area contributed by atoms with Gasteiger partial charge in [0.2, 0.25) is 0 Å². The van der Waals surface area contributed by atoms with Gasteiger partial charge in [-0.15, -0.1) is 0 Å². The van der Waals surface area contributed by atoms with Gasteiger partial charge in [-0.25, -0.2) is 4.39 Å². The number of aliphatic hydroxyl groups is 1. The predicted molar refractivity (Wildman–Crippen MR) is 47.0 cm³/mol. The lowest BCUT2D eigenvalue weighted by Crippen LogP contribution is -2.01. The molecule has 1 rings (SSSR count). The van der Waals surface area contributed by atoms with Crippen molar-refractivity contribution >= 4 is 0 Å². The molecule has 0 aliphatic rings. The van der Waals surface area contributed by atoms with E-state index in [4.69, 9.17) is 9.84 Å². The van der Waals surface area contributed by atoms with E-state index in [2.05, 4.69) is 12.7 Å². The fourth-order valence-electron chi connectivity index (χ4n) is 0.912. The molecule has 0 spiro atoms. The van der Waals surface area contributed by atoms with Crippen LogP contribution in [0, 0.1) is 11.9 Å². The lowest BCUT2D eigenvalue weighted by Gasteiger charge is -2.04. The van der Waals surface area contributed by atoms with Crippen molar-refractivity contribution in [1.29, 1.82) is 0 Å². The Labute approximate surface area is 76.3 Å². The molecule has 0 amide bonds. The molecule has 1 radical (unpaired) electrons. The Morgan fingerprint density at radius 1 is 1.46 bits per heavy atom. The fraction of sp³-hybridized carbons (Fsp3) is 0.200. The van der Waals surface area contributed by atoms with Crippen molar-refractivity contribution in [1.82, 2.24) is 0 Å². The molecule has 0 saturated carbocycles. The molecule has 1 aromatic rings. The third-order valence-corrected chi connectivity index (χ3v) is 1.44. The number of rotatable bonds is 4. The van der Waals surface area contributed by atoms with Crippen LogP contribution in [0.1, 0.15) is 5.56 Å². The first kappa shape index (κ1) is 9.74. The smallest absolute Gasteiger partial charge is 0.127 e. The lowest BCUT2D eigenvalue weighted by atomic mass is 10.2. The maximum atomic E-state index is 12.8. The number of ether oxygens (including phenoxy) is 1. The summed E-state index contributed by atoms with van der Waals surface area (Å²) in [7, 11) is 0. The summed E-state index contributed by atoms with van der Waals surface area (Å²) >= 11 is 0. The van der Waals surface area contributed by atoms with E-state index in [1.165, 1.54) is 12.1 Å². The molecule has 0 atom stereocenters. The van der Waals surface area contributed by atoms with Crippen LogP contribution in [0.2, 0.25) is 0 Å². The fourth-order valence-corrected chi connectivity index (χ4v) is 0.912. The molecule has 69 valence electrons. The molecule has 0 bridgehead atoms. The quantitative estimate of drug-likeness (QED) is 0.763. The third kappa shape index (κ3) is 2.87. The summed E-state index contributed by atoms with van der Waals surface area (Å²) in [5, 5.41) is 8.48. The highest BCUT2D eigenvalue weighted by atomic mass is 19.1. The Kier molecular flexibility index (Phi) is 3.46. The second-order valence-corrected chi connectivity index (χ2v) is 2.42. The summed E-state index contributed by atoms with van der Waals surface area (Å²) in [5.41, 5.74) is 0.535. The molecular weight excluding hydrogens is 171 g/mol. The zero-order valence-corrected chi connectivity index (χ0v) is 7.09. The monoisotopic (exact) mass is 181 g/mol. The Balaban J connectivity index is 2.81. The van der Waals surface area contributed by atoms with Gasteiger partial charge >= 0.3 is 0 Å². The Morgan fingerprint density at radius 2 is 2.23 bits per heavy atom. The molecule has 0 aromatic heterocycles. The second-order valence-electron chi connectivity index (χ2n) is 2.42. The summed E-state index contributed by atoms with van der Waals surface area (Å²) in [6.07, 6.45) is 2.55. The normalized spacial score (nSPS) is 9.69. The minimum absolute atomic E-state index is 0.0936. The standard InChI is InChI=1S/C10H10FO2/c1-2-8-5-9(11)7-10(6-8)13-4-3-12/h5-7,12H,1,3-4H2. The summed E-state index contributed by atoms with van der Waals surface area (Å²) in [6.45, 7) is 3.46. The van der Waals surface area contributed by atoms with Crippen molar-refractivity contribution in [2.45, 2.75) is 0 Å². The summed E-state index contributed by atoms with van der Waals surface area (Å²) in [6, 6.07) is 4.15. The molecular formula is C10H10FO2. The van der Waals surface area contributed by atoms with Gasteiger partial charge in [-0.1, -0.05) is 6.58 Å². The number of benzene rings is 1. The van der Waals surface area contributed by atoms with Gasteiger partial charge in [0.25, 0.3) is 0 Å². The van der Waals surface area contributed by atoms with Crippen LogP contribution in [0.15, 0.2) is 24.8 Å². The predicted octanol–water partition coefficient (Wildman–Crippen LogP) is 1.53. The van der Waals surface area contributed by atoms with E-state index in [9.17, 15) is 4.39 Å². The van der Waals surface area contributed by atoms with Gasteiger partial charge in [0.1, 0.15) is 18.2 Å². The largest absolute Gasteiger partial charge is 0.491 e. The second kappa shape index (κ2) is 4.62. The van der Waals surface area contributed by atoms with E-state index < -0.39 is 5.82 Å². The van der Waals surface area contributed by atoms with E-state index >= 15 is 0 Å². The van der Waals surface area contributed by atoms with Gasteiger partial charge in [-0.2, -0.15) is 0 Å². The van der Waals surface area contributed by atoms with Gasteiger partial charge in [0.05, 0.1) is 6.61 Å². The van der Waals surface area contributed by atoms with Crippen LogP contribution in [0.25, 0.3) is 0 Å². The van der Waals surface area contributed by atoms with Gasteiger partial charge in [0.15, 0.2) is 0 Å². The molecule has 3 heteroatoms. The van der Waals surface area contributed by atoms with Gasteiger partial charge < -0.3 is 9.84 Å². The molecule has 0 unspecified atom stereocenters. The minimum atomic E-state index is -0.401. The van der Waals surface area contributed by atoms with Crippen molar-refractivity contribution in [3.8, 4) is 5.75 Å². The summed E-state index contributed by atoms with van der Waals surface area (Å²) < 4.78 is 17.9. The average molecular weight is 181 g/mol. The van der Waals surface area contributed by atoms with E-state index in [-0.39, 0.29) is 13.2 Å². The zero-order chi connectivity index (χ0) is 9.68. The van der Waals surface area contributed by atoms with Crippen LogP contribution in [-0.4, -0.2) is 18.3 Å². The van der Waals surface area contributed by atoms with Crippen LogP contribution in [-0.2, 0) is 0 Å². The van der Waals surface area contributed by atoms with Crippen LogP contribution in [0.4, 0.5) is 4.39 Å². The molecule has 1 N–H and O–H groups in total. The molecule has 0 heterocycles. The lowest BCUT2D eigenvalue weighted by molar-refractivity contribution is 0.201. The highest BCUT2D eigenvalue weighted by Gasteiger charge is 1.99. The summed E-state index contributed by atoms with van der Waals surface area (Å²) in [5.74, 6) is -0.0261. The van der Waals surface area contributed by atoms with Crippen LogP contribution < -0.4 is 4.74 Å². The van der Waals surface area contributed by atoms with Crippen molar-refractivity contribution < 1.29 is 14.2 Å². The first-order chi connectivity index (χ1) is 6.26. The Hall–Kier alpha value is -1.35. The van der Waals surface area contributed by atoms with Crippen molar-refractivity contribution in [3.63, 3.8) is 0 Å². The van der Waals surface area contributed by atoms with Crippen LogP contribution in [0.5, 0.6) is 5.75 Å². The summed E-state index contributed by atoms with van der Waals surface area (Å²) in [4.78, 5) is 0. The molecule has 13 heavy (non-hydrogen) atoms. The maximum Gasteiger partial charge on any atom is 0.127 e. The number of hydrogen-bond donors (Lipinski definition) is 1. The zero-order valence-electron chi connectivity index (χ0n) is 7.09. The van der Waals surface area contributed by atoms with E-state index in [0.29, 0.717) is 11.3 Å².